The van der Waals surface area contributed by atoms with Gasteiger partial charge in [-0.25, -0.2) is 19.4 Å². The molecule has 1 fully saturated rings. The van der Waals surface area contributed by atoms with E-state index in [9.17, 15) is 4.79 Å². The summed E-state index contributed by atoms with van der Waals surface area (Å²) < 4.78 is 6.89. The minimum absolute atomic E-state index is 0.0800. The number of rotatable bonds is 3. The standard InChI is InChI=1S/C16H17N7O2/c1-11-7-14(25-21-11)13-3-2-6-22(13)16(24)20-12-4-5-15(18-8-12)23-10-17-9-19-23/h4-5,7-10,13H,2-3,6H2,1H3,(H,20,24). The smallest absolute Gasteiger partial charge is 0.322 e. The van der Waals surface area contributed by atoms with Crippen LogP contribution in [0.25, 0.3) is 5.82 Å². The molecule has 0 radical (unpaired) electrons. The van der Waals surface area contributed by atoms with Gasteiger partial charge in [-0.2, -0.15) is 5.10 Å². The number of aromatic nitrogens is 5. The molecule has 9 nitrogen and oxygen atoms in total. The summed E-state index contributed by atoms with van der Waals surface area (Å²) in [4.78, 5) is 22.5. The number of carbonyl (C=O) groups is 1. The zero-order chi connectivity index (χ0) is 17.2. The lowest BCUT2D eigenvalue weighted by atomic mass is 10.1. The molecule has 3 aromatic heterocycles. The van der Waals surface area contributed by atoms with E-state index in [2.05, 4.69) is 25.5 Å². The normalized spacial score (nSPS) is 17.0. The van der Waals surface area contributed by atoms with E-state index in [1.54, 1.807) is 34.2 Å². The molecule has 25 heavy (non-hydrogen) atoms. The third-order valence-corrected chi connectivity index (χ3v) is 4.14. The van der Waals surface area contributed by atoms with Gasteiger partial charge in [0.15, 0.2) is 11.6 Å². The topological polar surface area (TPSA) is 102 Å². The van der Waals surface area contributed by atoms with Crippen LogP contribution in [0.1, 0.15) is 30.3 Å². The number of amides is 2. The predicted molar refractivity (Wildman–Crippen MR) is 88.1 cm³/mol. The summed E-state index contributed by atoms with van der Waals surface area (Å²) in [5, 5.41) is 10.8. The summed E-state index contributed by atoms with van der Waals surface area (Å²) in [6.07, 6.45) is 6.40. The largest absolute Gasteiger partial charge is 0.359 e. The summed E-state index contributed by atoms with van der Waals surface area (Å²) in [6.45, 7) is 2.55. The molecule has 0 saturated carbocycles. The van der Waals surface area contributed by atoms with E-state index in [-0.39, 0.29) is 12.1 Å². The number of nitrogens with zero attached hydrogens (tertiary/aromatic N) is 6. The molecular weight excluding hydrogens is 322 g/mol. The molecule has 0 bridgehead atoms. The highest BCUT2D eigenvalue weighted by molar-refractivity contribution is 5.89. The van der Waals surface area contributed by atoms with Gasteiger partial charge in [-0.05, 0) is 31.9 Å². The zero-order valence-corrected chi connectivity index (χ0v) is 13.7. The number of carbonyl (C=O) groups excluding carboxylic acids is 1. The van der Waals surface area contributed by atoms with Gasteiger partial charge in [0.1, 0.15) is 12.7 Å². The highest BCUT2D eigenvalue weighted by Crippen LogP contribution is 2.32. The van der Waals surface area contributed by atoms with Gasteiger partial charge in [-0.3, -0.25) is 0 Å². The Morgan fingerprint density at radius 3 is 3.00 bits per heavy atom. The van der Waals surface area contributed by atoms with Gasteiger partial charge in [0.05, 0.1) is 23.6 Å². The molecule has 0 aromatic carbocycles. The molecule has 4 heterocycles. The second kappa shape index (κ2) is 6.34. The van der Waals surface area contributed by atoms with Gasteiger partial charge in [0.2, 0.25) is 0 Å². The summed E-state index contributed by atoms with van der Waals surface area (Å²) >= 11 is 0. The Labute approximate surface area is 143 Å². The number of likely N-dealkylation sites (tertiary alicyclic amines) is 1. The quantitative estimate of drug-likeness (QED) is 0.786. The van der Waals surface area contributed by atoms with Crippen molar-refractivity contribution in [2.24, 2.45) is 0 Å². The van der Waals surface area contributed by atoms with Gasteiger partial charge < -0.3 is 14.7 Å². The zero-order valence-electron chi connectivity index (χ0n) is 13.7. The van der Waals surface area contributed by atoms with Crippen LogP contribution in [-0.4, -0.2) is 42.4 Å². The Morgan fingerprint density at radius 1 is 1.40 bits per heavy atom. The number of aryl methyl sites for hydroxylation is 1. The van der Waals surface area contributed by atoms with E-state index in [1.165, 1.54) is 6.33 Å². The number of hydrogen-bond acceptors (Lipinski definition) is 6. The van der Waals surface area contributed by atoms with Gasteiger partial charge in [-0.15, -0.1) is 0 Å². The average molecular weight is 339 g/mol. The molecule has 4 rings (SSSR count). The second-order valence-electron chi connectivity index (χ2n) is 5.90. The van der Waals surface area contributed by atoms with Crippen molar-refractivity contribution in [2.75, 3.05) is 11.9 Å². The fourth-order valence-electron chi connectivity index (χ4n) is 2.96. The minimum atomic E-state index is -0.174. The van der Waals surface area contributed by atoms with Crippen molar-refractivity contribution in [3.63, 3.8) is 0 Å². The summed E-state index contributed by atoms with van der Waals surface area (Å²) in [6, 6.07) is 5.18. The Morgan fingerprint density at radius 2 is 2.32 bits per heavy atom. The van der Waals surface area contributed by atoms with Crippen molar-refractivity contribution in [1.82, 2.24) is 29.8 Å². The maximum absolute atomic E-state index is 12.6. The fraction of sp³-hybridized carbons (Fsp3) is 0.312. The van der Waals surface area contributed by atoms with E-state index >= 15 is 0 Å². The van der Waals surface area contributed by atoms with Gasteiger partial charge >= 0.3 is 6.03 Å². The third-order valence-electron chi connectivity index (χ3n) is 4.14. The van der Waals surface area contributed by atoms with Crippen molar-refractivity contribution >= 4 is 11.7 Å². The first-order valence-corrected chi connectivity index (χ1v) is 8.02. The van der Waals surface area contributed by atoms with Crippen LogP contribution in [0.5, 0.6) is 0 Å². The van der Waals surface area contributed by atoms with E-state index < -0.39 is 0 Å². The van der Waals surface area contributed by atoms with E-state index in [0.29, 0.717) is 18.1 Å². The number of hydrogen-bond donors (Lipinski definition) is 1. The maximum atomic E-state index is 12.6. The van der Waals surface area contributed by atoms with Crippen LogP contribution in [0.4, 0.5) is 10.5 Å². The molecule has 1 atom stereocenters. The van der Waals surface area contributed by atoms with Crippen molar-refractivity contribution in [2.45, 2.75) is 25.8 Å². The van der Waals surface area contributed by atoms with Gasteiger partial charge in [0.25, 0.3) is 0 Å². The summed E-state index contributed by atoms with van der Waals surface area (Å²) in [5.41, 5.74) is 1.43. The number of nitrogens with one attached hydrogen (secondary N) is 1. The first kappa shape index (κ1) is 15.3. The second-order valence-corrected chi connectivity index (χ2v) is 5.90. The highest BCUT2D eigenvalue weighted by atomic mass is 16.5. The molecule has 1 aliphatic heterocycles. The summed E-state index contributed by atoms with van der Waals surface area (Å²) in [5.74, 6) is 1.36. The molecule has 9 heteroatoms. The van der Waals surface area contributed by atoms with Gasteiger partial charge in [-0.1, -0.05) is 5.16 Å². The van der Waals surface area contributed by atoms with Crippen LogP contribution in [0, 0.1) is 6.92 Å². The molecule has 128 valence electrons. The number of anilines is 1. The monoisotopic (exact) mass is 339 g/mol. The molecule has 1 aliphatic rings. The van der Waals surface area contributed by atoms with Crippen LogP contribution in [-0.2, 0) is 0 Å². The maximum Gasteiger partial charge on any atom is 0.322 e. The highest BCUT2D eigenvalue weighted by Gasteiger charge is 2.32. The molecule has 1 saturated heterocycles. The predicted octanol–water partition coefficient (Wildman–Crippen LogP) is 2.33. The molecule has 2 amide bonds. The van der Waals surface area contributed by atoms with E-state index in [1.807, 2.05) is 13.0 Å². The molecular formula is C16H17N7O2. The van der Waals surface area contributed by atoms with Crippen LogP contribution < -0.4 is 5.32 Å². The number of urea groups is 1. The first-order chi connectivity index (χ1) is 12.2. The van der Waals surface area contributed by atoms with Crippen LogP contribution in [0.15, 0.2) is 41.6 Å². The summed E-state index contributed by atoms with van der Waals surface area (Å²) in [7, 11) is 0. The fourth-order valence-corrected chi connectivity index (χ4v) is 2.96. The van der Waals surface area contributed by atoms with E-state index in [0.717, 1.165) is 24.3 Å². The van der Waals surface area contributed by atoms with Crippen molar-refractivity contribution in [3.8, 4) is 5.82 Å². The Balaban J connectivity index is 1.46. The SMILES string of the molecule is Cc1cc(C2CCCN2C(=O)Nc2ccc(-n3cncn3)nc2)on1. The Bertz CT molecular complexity index is 857. The Kier molecular flexibility index (Phi) is 3.88. The lowest BCUT2D eigenvalue weighted by molar-refractivity contribution is 0.195. The van der Waals surface area contributed by atoms with Crippen LogP contribution in [0.2, 0.25) is 0 Å². The van der Waals surface area contributed by atoms with Crippen LogP contribution >= 0.6 is 0 Å². The Hall–Kier alpha value is -3.23. The molecule has 1 unspecified atom stereocenters. The molecule has 1 N–H and O–H groups in total. The third kappa shape index (κ3) is 3.08. The molecule has 0 aliphatic carbocycles. The molecule has 0 spiro atoms. The van der Waals surface area contributed by atoms with Crippen molar-refractivity contribution in [3.05, 3.63) is 48.5 Å². The van der Waals surface area contributed by atoms with Gasteiger partial charge in [0, 0.05) is 12.6 Å². The lowest BCUT2D eigenvalue weighted by Gasteiger charge is -2.23. The molecule has 3 aromatic rings. The number of pyridine rings is 1. The van der Waals surface area contributed by atoms with Crippen molar-refractivity contribution < 1.29 is 9.32 Å². The first-order valence-electron chi connectivity index (χ1n) is 8.02. The lowest BCUT2D eigenvalue weighted by Crippen LogP contribution is -2.34. The average Bonchev–Trinajstić information content (AvgIpc) is 3.36. The van der Waals surface area contributed by atoms with Crippen molar-refractivity contribution in [1.29, 1.82) is 0 Å². The minimum Gasteiger partial charge on any atom is -0.359 e. The van der Waals surface area contributed by atoms with Crippen LogP contribution in [0.3, 0.4) is 0 Å². The van der Waals surface area contributed by atoms with E-state index in [4.69, 9.17) is 4.52 Å².